The average molecular weight is 266 g/mol. The number of halogens is 2. The van der Waals surface area contributed by atoms with E-state index < -0.39 is 0 Å². The molecule has 3 nitrogen and oxygen atoms in total. The van der Waals surface area contributed by atoms with Crippen LogP contribution in [-0.4, -0.2) is 5.11 Å². The number of phenolic OH excluding ortho intramolecular Hbond substituents is 1. The summed E-state index contributed by atoms with van der Waals surface area (Å²) in [7, 11) is 0. The lowest BCUT2D eigenvalue weighted by Crippen LogP contribution is -2.25. The van der Waals surface area contributed by atoms with Gasteiger partial charge >= 0.3 is 0 Å². The molecule has 0 aliphatic carbocycles. The lowest BCUT2D eigenvalue weighted by Gasteiger charge is -2.13. The molecule has 4 N–H and O–H groups in total. The Bertz CT molecular complexity index is 319. The van der Waals surface area contributed by atoms with Gasteiger partial charge in [-0.25, -0.2) is 0 Å². The molecule has 0 heterocycles. The van der Waals surface area contributed by atoms with Gasteiger partial charge in [0, 0.05) is 16.6 Å². The molecule has 0 spiro atoms. The minimum Gasteiger partial charge on any atom is -0.506 e. The van der Waals surface area contributed by atoms with Crippen molar-refractivity contribution in [3.8, 4) is 5.75 Å². The Labute approximate surface area is 90.0 Å². The van der Waals surface area contributed by atoms with Crippen LogP contribution in [0.5, 0.6) is 5.75 Å². The van der Waals surface area contributed by atoms with E-state index in [1.807, 2.05) is 6.92 Å². The molecule has 0 aromatic heterocycles. The van der Waals surface area contributed by atoms with Gasteiger partial charge in [-0.15, -0.1) is 0 Å². The van der Waals surface area contributed by atoms with Crippen LogP contribution in [-0.2, 0) is 0 Å². The Morgan fingerprint density at radius 1 is 1.62 bits per heavy atom. The molecule has 0 radical (unpaired) electrons. The van der Waals surface area contributed by atoms with E-state index >= 15 is 0 Å². The molecule has 1 aromatic rings. The SMILES string of the molecule is C[C@H](NN)c1cc(Cl)cc(Br)c1O. The van der Waals surface area contributed by atoms with Crippen molar-refractivity contribution in [1.29, 1.82) is 0 Å². The second-order valence-electron chi connectivity index (χ2n) is 2.71. The Balaban J connectivity index is 3.20. The Hall–Kier alpha value is -0.290. The zero-order valence-electron chi connectivity index (χ0n) is 7.01. The maximum absolute atomic E-state index is 9.62. The van der Waals surface area contributed by atoms with E-state index in [0.717, 1.165) is 0 Å². The average Bonchev–Trinajstić information content (AvgIpc) is 2.10. The molecule has 0 fully saturated rings. The van der Waals surface area contributed by atoms with Gasteiger partial charge in [-0.3, -0.25) is 11.3 Å². The van der Waals surface area contributed by atoms with Gasteiger partial charge in [-0.05, 0) is 35.0 Å². The van der Waals surface area contributed by atoms with E-state index in [0.29, 0.717) is 15.1 Å². The van der Waals surface area contributed by atoms with Gasteiger partial charge in [0.05, 0.1) is 4.47 Å². The smallest absolute Gasteiger partial charge is 0.134 e. The summed E-state index contributed by atoms with van der Waals surface area (Å²) in [5.41, 5.74) is 3.21. The fourth-order valence-corrected chi connectivity index (χ4v) is 1.84. The third-order valence-corrected chi connectivity index (χ3v) is 2.60. The molecule has 0 amide bonds. The number of hydrogen-bond acceptors (Lipinski definition) is 3. The van der Waals surface area contributed by atoms with Crippen LogP contribution < -0.4 is 11.3 Å². The molecule has 0 aliphatic heterocycles. The highest BCUT2D eigenvalue weighted by Gasteiger charge is 2.12. The van der Waals surface area contributed by atoms with Gasteiger partial charge in [0.25, 0.3) is 0 Å². The lowest BCUT2D eigenvalue weighted by atomic mass is 10.1. The molecule has 1 atom stereocenters. The molecule has 0 saturated heterocycles. The van der Waals surface area contributed by atoms with Crippen molar-refractivity contribution in [2.45, 2.75) is 13.0 Å². The van der Waals surface area contributed by atoms with E-state index in [9.17, 15) is 5.11 Å². The summed E-state index contributed by atoms with van der Waals surface area (Å²) in [4.78, 5) is 0. The topological polar surface area (TPSA) is 58.3 Å². The van der Waals surface area contributed by atoms with E-state index in [-0.39, 0.29) is 11.8 Å². The van der Waals surface area contributed by atoms with Crippen molar-refractivity contribution in [1.82, 2.24) is 5.43 Å². The number of hydrogen-bond donors (Lipinski definition) is 3. The molecular weight excluding hydrogens is 255 g/mol. The highest BCUT2D eigenvalue weighted by atomic mass is 79.9. The summed E-state index contributed by atoms with van der Waals surface area (Å²) >= 11 is 9.00. The predicted octanol–water partition coefficient (Wildman–Crippen LogP) is 2.33. The number of aromatic hydroxyl groups is 1. The van der Waals surface area contributed by atoms with Crippen LogP contribution in [0.25, 0.3) is 0 Å². The summed E-state index contributed by atoms with van der Waals surface area (Å²) in [5, 5.41) is 10.2. The summed E-state index contributed by atoms with van der Waals surface area (Å²) in [6.45, 7) is 1.83. The third kappa shape index (κ3) is 2.34. The standard InChI is InChI=1S/C8H10BrClN2O/c1-4(12-11)6-2-5(10)3-7(9)8(6)13/h2-4,12-13H,11H2,1H3/t4-/m0/s1. The van der Waals surface area contributed by atoms with Gasteiger partial charge in [-0.1, -0.05) is 11.6 Å². The largest absolute Gasteiger partial charge is 0.506 e. The zero-order chi connectivity index (χ0) is 10.0. The van der Waals surface area contributed by atoms with Gasteiger partial charge in [0.1, 0.15) is 5.75 Å². The molecule has 0 aliphatic rings. The predicted molar refractivity (Wildman–Crippen MR) is 56.6 cm³/mol. The summed E-state index contributed by atoms with van der Waals surface area (Å²) in [6, 6.07) is 3.16. The molecule has 0 unspecified atom stereocenters. The summed E-state index contributed by atoms with van der Waals surface area (Å²) < 4.78 is 0.567. The van der Waals surface area contributed by atoms with Gasteiger partial charge < -0.3 is 5.11 Å². The van der Waals surface area contributed by atoms with Crippen LogP contribution in [0.15, 0.2) is 16.6 Å². The molecule has 1 aromatic carbocycles. The molecule has 13 heavy (non-hydrogen) atoms. The maximum atomic E-state index is 9.62. The third-order valence-electron chi connectivity index (χ3n) is 1.77. The van der Waals surface area contributed by atoms with Gasteiger partial charge in [0.2, 0.25) is 0 Å². The van der Waals surface area contributed by atoms with E-state index in [4.69, 9.17) is 17.4 Å². The molecule has 72 valence electrons. The number of rotatable bonds is 2. The fraction of sp³-hybridized carbons (Fsp3) is 0.250. The van der Waals surface area contributed by atoms with Crippen LogP contribution in [0.2, 0.25) is 5.02 Å². The number of nitrogens with two attached hydrogens (primary N) is 1. The zero-order valence-corrected chi connectivity index (χ0v) is 9.35. The van der Waals surface area contributed by atoms with Crippen molar-refractivity contribution in [2.24, 2.45) is 5.84 Å². The quantitative estimate of drug-likeness (QED) is 0.568. The second kappa shape index (κ2) is 4.28. The van der Waals surface area contributed by atoms with Crippen molar-refractivity contribution in [3.63, 3.8) is 0 Å². The first-order chi connectivity index (χ1) is 6.06. The van der Waals surface area contributed by atoms with E-state index in [1.165, 1.54) is 0 Å². The van der Waals surface area contributed by atoms with Crippen LogP contribution >= 0.6 is 27.5 Å². The van der Waals surface area contributed by atoms with Gasteiger partial charge in [-0.2, -0.15) is 0 Å². The number of nitrogens with one attached hydrogen (secondary N) is 1. The highest BCUT2D eigenvalue weighted by Crippen LogP contribution is 2.34. The highest BCUT2D eigenvalue weighted by molar-refractivity contribution is 9.10. The van der Waals surface area contributed by atoms with Crippen molar-refractivity contribution in [3.05, 3.63) is 27.2 Å². The maximum Gasteiger partial charge on any atom is 0.134 e. The van der Waals surface area contributed by atoms with Crippen molar-refractivity contribution >= 4 is 27.5 Å². The van der Waals surface area contributed by atoms with E-state index in [1.54, 1.807) is 12.1 Å². The first-order valence-corrected chi connectivity index (χ1v) is 4.87. The minimum absolute atomic E-state index is 0.144. The Morgan fingerprint density at radius 3 is 2.77 bits per heavy atom. The monoisotopic (exact) mass is 264 g/mol. The Morgan fingerprint density at radius 2 is 2.23 bits per heavy atom. The molecule has 0 saturated carbocycles. The summed E-state index contributed by atoms with van der Waals surface area (Å²) in [5.74, 6) is 5.42. The number of hydrazine groups is 1. The minimum atomic E-state index is -0.144. The lowest BCUT2D eigenvalue weighted by molar-refractivity contribution is 0.451. The fourth-order valence-electron chi connectivity index (χ4n) is 1.01. The molecule has 0 bridgehead atoms. The summed E-state index contributed by atoms with van der Waals surface area (Å²) in [6.07, 6.45) is 0. The molecule has 5 heteroatoms. The normalized spacial score (nSPS) is 12.9. The van der Waals surface area contributed by atoms with Gasteiger partial charge in [0.15, 0.2) is 0 Å². The van der Waals surface area contributed by atoms with Crippen LogP contribution in [0.3, 0.4) is 0 Å². The first kappa shape index (κ1) is 10.8. The van der Waals surface area contributed by atoms with Crippen molar-refractivity contribution < 1.29 is 5.11 Å². The van der Waals surface area contributed by atoms with Crippen LogP contribution in [0, 0.1) is 0 Å². The van der Waals surface area contributed by atoms with Crippen LogP contribution in [0.4, 0.5) is 0 Å². The second-order valence-corrected chi connectivity index (χ2v) is 4.00. The number of benzene rings is 1. The Kier molecular flexibility index (Phi) is 3.55. The van der Waals surface area contributed by atoms with Crippen LogP contribution in [0.1, 0.15) is 18.5 Å². The van der Waals surface area contributed by atoms with E-state index in [2.05, 4.69) is 21.4 Å². The first-order valence-electron chi connectivity index (χ1n) is 3.70. The van der Waals surface area contributed by atoms with Crippen molar-refractivity contribution in [2.75, 3.05) is 0 Å². The molecular formula is C8H10BrClN2O. The number of phenols is 1. The molecule has 1 rings (SSSR count).